The van der Waals surface area contributed by atoms with E-state index in [0.717, 1.165) is 25.7 Å². The van der Waals surface area contributed by atoms with Gasteiger partial charge in [-0.2, -0.15) is 0 Å². The van der Waals surface area contributed by atoms with E-state index in [1.807, 2.05) is 0 Å². The number of nitrogens with zero attached hydrogens (tertiary/aromatic N) is 2. The number of carbonyl (C=O) groups excluding carboxylic acids is 1. The van der Waals surface area contributed by atoms with Gasteiger partial charge in [0.05, 0.1) is 5.69 Å². The molecule has 0 unspecified atom stereocenters. The van der Waals surface area contributed by atoms with E-state index < -0.39 is 0 Å². The molecule has 118 valence electrons. The van der Waals surface area contributed by atoms with E-state index in [1.54, 1.807) is 17.4 Å². The lowest BCUT2D eigenvalue weighted by Crippen LogP contribution is -2.36. The van der Waals surface area contributed by atoms with Crippen LogP contribution in [0, 0.1) is 12.7 Å². The number of halogens is 1. The van der Waals surface area contributed by atoms with Crippen molar-refractivity contribution in [1.29, 1.82) is 0 Å². The Balaban J connectivity index is 1.82. The number of carbonyl (C=O) groups is 1. The molecule has 2 heterocycles. The fraction of sp³-hybridized carbons (Fsp3) is 0.529. The Bertz CT molecular complexity index is 672. The van der Waals surface area contributed by atoms with Crippen molar-refractivity contribution in [3.8, 4) is 0 Å². The van der Waals surface area contributed by atoms with E-state index in [-0.39, 0.29) is 17.8 Å². The lowest BCUT2D eigenvalue weighted by atomic mass is 9.96. The van der Waals surface area contributed by atoms with Gasteiger partial charge in [0.2, 0.25) is 0 Å². The first-order valence-corrected chi connectivity index (χ1v) is 8.10. The smallest absolute Gasteiger partial charge is 0.270 e. The van der Waals surface area contributed by atoms with Gasteiger partial charge in [0, 0.05) is 12.2 Å². The number of hydrogen-bond acceptors (Lipinski definition) is 2. The minimum atomic E-state index is -0.370. The van der Waals surface area contributed by atoms with Gasteiger partial charge >= 0.3 is 0 Å². The topological polar surface area (TPSA) is 46.4 Å². The SMILES string of the molecule is Cc1nc2ccc(F)cn2c1C(=O)NC1CCCCCCC1. The maximum atomic E-state index is 13.5. The molecule has 0 atom stereocenters. The predicted octanol–water partition coefficient (Wildman–Crippen LogP) is 3.62. The van der Waals surface area contributed by atoms with Crippen molar-refractivity contribution < 1.29 is 9.18 Å². The van der Waals surface area contributed by atoms with E-state index in [2.05, 4.69) is 10.3 Å². The van der Waals surface area contributed by atoms with Crippen molar-refractivity contribution >= 4 is 11.6 Å². The predicted molar refractivity (Wildman–Crippen MR) is 83.5 cm³/mol. The van der Waals surface area contributed by atoms with Gasteiger partial charge < -0.3 is 5.32 Å². The number of pyridine rings is 1. The van der Waals surface area contributed by atoms with Gasteiger partial charge in [-0.05, 0) is 31.9 Å². The third kappa shape index (κ3) is 3.13. The van der Waals surface area contributed by atoms with Crippen LogP contribution < -0.4 is 5.32 Å². The molecule has 1 N–H and O–H groups in total. The second-order valence-electron chi connectivity index (χ2n) is 6.14. The molecule has 3 rings (SSSR count). The maximum Gasteiger partial charge on any atom is 0.270 e. The summed E-state index contributed by atoms with van der Waals surface area (Å²) in [6.45, 7) is 1.79. The maximum absolute atomic E-state index is 13.5. The van der Waals surface area contributed by atoms with E-state index in [9.17, 15) is 9.18 Å². The minimum absolute atomic E-state index is 0.152. The molecule has 0 saturated heterocycles. The average Bonchev–Trinajstić information content (AvgIpc) is 2.77. The molecule has 1 amide bonds. The van der Waals surface area contributed by atoms with Crippen LogP contribution in [-0.4, -0.2) is 21.3 Å². The third-order valence-electron chi connectivity index (χ3n) is 4.41. The lowest BCUT2D eigenvalue weighted by molar-refractivity contribution is 0.0923. The highest BCUT2D eigenvalue weighted by atomic mass is 19.1. The van der Waals surface area contributed by atoms with E-state index in [1.165, 1.54) is 31.5 Å². The molecule has 4 nitrogen and oxygen atoms in total. The largest absolute Gasteiger partial charge is 0.348 e. The summed E-state index contributed by atoms with van der Waals surface area (Å²) in [5.74, 6) is -0.522. The number of imidazole rings is 1. The Hall–Kier alpha value is -1.91. The molecule has 1 fully saturated rings. The first-order valence-electron chi connectivity index (χ1n) is 8.10. The van der Waals surface area contributed by atoms with E-state index in [0.29, 0.717) is 17.0 Å². The fourth-order valence-corrected chi connectivity index (χ4v) is 3.26. The minimum Gasteiger partial charge on any atom is -0.348 e. The Morgan fingerprint density at radius 3 is 2.64 bits per heavy atom. The Morgan fingerprint density at radius 1 is 1.23 bits per heavy atom. The summed E-state index contributed by atoms with van der Waals surface area (Å²) in [5, 5.41) is 3.12. The Kier molecular flexibility index (Phi) is 4.41. The number of fused-ring (bicyclic) bond motifs is 1. The third-order valence-corrected chi connectivity index (χ3v) is 4.41. The second kappa shape index (κ2) is 6.46. The molecule has 2 aromatic heterocycles. The summed E-state index contributed by atoms with van der Waals surface area (Å²) in [6.07, 6.45) is 9.47. The standard InChI is InChI=1S/C17H22FN3O/c1-12-16(21-11-13(18)9-10-15(21)19-12)17(22)20-14-7-5-3-2-4-6-8-14/h9-11,14H,2-8H2,1H3,(H,20,22). The summed E-state index contributed by atoms with van der Waals surface area (Å²) in [4.78, 5) is 17.0. The number of rotatable bonds is 2. The lowest BCUT2D eigenvalue weighted by Gasteiger charge is -2.21. The molecule has 1 saturated carbocycles. The second-order valence-corrected chi connectivity index (χ2v) is 6.14. The fourth-order valence-electron chi connectivity index (χ4n) is 3.26. The van der Waals surface area contributed by atoms with Crippen LogP contribution in [0.1, 0.15) is 61.1 Å². The number of nitrogens with one attached hydrogen (secondary N) is 1. The molecule has 2 aromatic rings. The highest BCUT2D eigenvalue weighted by Gasteiger charge is 2.20. The zero-order valence-corrected chi connectivity index (χ0v) is 12.9. The van der Waals surface area contributed by atoms with Gasteiger partial charge in [0.1, 0.15) is 17.2 Å². The molecule has 0 aliphatic heterocycles. The van der Waals surface area contributed by atoms with Gasteiger partial charge in [0.25, 0.3) is 5.91 Å². The summed E-state index contributed by atoms with van der Waals surface area (Å²) >= 11 is 0. The van der Waals surface area contributed by atoms with Crippen LogP contribution >= 0.6 is 0 Å². The molecule has 5 heteroatoms. The molecular formula is C17H22FN3O. The summed E-state index contributed by atoms with van der Waals surface area (Å²) in [7, 11) is 0. The molecule has 0 aromatic carbocycles. The normalized spacial score (nSPS) is 17.2. The highest BCUT2D eigenvalue weighted by Crippen LogP contribution is 2.19. The molecule has 1 aliphatic carbocycles. The molecule has 0 spiro atoms. The van der Waals surface area contributed by atoms with Gasteiger partial charge in [-0.3, -0.25) is 9.20 Å². The number of aromatic nitrogens is 2. The average molecular weight is 303 g/mol. The van der Waals surface area contributed by atoms with Crippen LogP contribution in [0.5, 0.6) is 0 Å². The van der Waals surface area contributed by atoms with Gasteiger partial charge in [-0.15, -0.1) is 0 Å². The van der Waals surface area contributed by atoms with Crippen LogP contribution in [0.2, 0.25) is 0 Å². The molecule has 0 radical (unpaired) electrons. The molecule has 22 heavy (non-hydrogen) atoms. The van der Waals surface area contributed by atoms with Crippen molar-refractivity contribution in [3.05, 3.63) is 35.5 Å². The van der Waals surface area contributed by atoms with Crippen molar-refractivity contribution in [2.45, 2.75) is 57.9 Å². The van der Waals surface area contributed by atoms with Gasteiger partial charge in [-0.1, -0.05) is 32.1 Å². The number of hydrogen-bond donors (Lipinski definition) is 1. The van der Waals surface area contributed by atoms with Crippen LogP contribution in [-0.2, 0) is 0 Å². The van der Waals surface area contributed by atoms with Crippen molar-refractivity contribution in [2.24, 2.45) is 0 Å². The van der Waals surface area contributed by atoms with Crippen LogP contribution in [0.4, 0.5) is 4.39 Å². The zero-order chi connectivity index (χ0) is 15.5. The highest BCUT2D eigenvalue weighted by molar-refractivity contribution is 5.94. The van der Waals surface area contributed by atoms with Crippen molar-refractivity contribution in [2.75, 3.05) is 0 Å². The Morgan fingerprint density at radius 2 is 1.91 bits per heavy atom. The van der Waals surface area contributed by atoms with Crippen molar-refractivity contribution in [3.63, 3.8) is 0 Å². The first-order chi connectivity index (χ1) is 10.6. The van der Waals surface area contributed by atoms with Gasteiger partial charge in [-0.25, -0.2) is 9.37 Å². The van der Waals surface area contributed by atoms with Crippen LogP contribution in [0.25, 0.3) is 5.65 Å². The molecular weight excluding hydrogens is 281 g/mol. The molecule has 1 aliphatic rings. The van der Waals surface area contributed by atoms with Crippen LogP contribution in [0.15, 0.2) is 18.3 Å². The first kappa shape index (κ1) is 15.0. The van der Waals surface area contributed by atoms with Gasteiger partial charge in [0.15, 0.2) is 0 Å². The van der Waals surface area contributed by atoms with E-state index in [4.69, 9.17) is 0 Å². The summed E-state index contributed by atoms with van der Waals surface area (Å²) in [5.41, 5.74) is 1.67. The zero-order valence-electron chi connectivity index (χ0n) is 12.9. The number of aryl methyl sites for hydroxylation is 1. The van der Waals surface area contributed by atoms with E-state index >= 15 is 0 Å². The molecule has 0 bridgehead atoms. The summed E-state index contributed by atoms with van der Waals surface area (Å²) in [6, 6.07) is 3.17. The Labute approximate surface area is 129 Å². The van der Waals surface area contributed by atoms with Crippen LogP contribution in [0.3, 0.4) is 0 Å². The number of amides is 1. The monoisotopic (exact) mass is 303 g/mol. The van der Waals surface area contributed by atoms with Crippen molar-refractivity contribution in [1.82, 2.24) is 14.7 Å². The summed E-state index contributed by atoms with van der Waals surface area (Å²) < 4.78 is 15.0. The quantitative estimate of drug-likeness (QED) is 0.921.